The van der Waals surface area contributed by atoms with E-state index < -0.39 is 17.8 Å². The number of rotatable bonds is 11. The molecule has 7 nitrogen and oxygen atoms in total. The second kappa shape index (κ2) is 14.0. The van der Waals surface area contributed by atoms with Crippen LogP contribution >= 0.6 is 0 Å². The normalized spacial score (nSPS) is 14.0. The number of carbonyl (C=O) groups is 1. The zero-order valence-corrected chi connectivity index (χ0v) is 22.5. The van der Waals surface area contributed by atoms with Crippen LogP contribution in [-0.4, -0.2) is 62.3 Å². The highest BCUT2D eigenvalue weighted by Gasteiger charge is 2.34. The molecule has 40 heavy (non-hydrogen) atoms. The molecule has 0 spiro atoms. The Balaban J connectivity index is 1.48. The first-order chi connectivity index (χ1) is 19.3. The van der Waals surface area contributed by atoms with Crippen molar-refractivity contribution in [2.75, 3.05) is 51.8 Å². The maximum atomic E-state index is 13.5. The Kier molecular flexibility index (Phi) is 10.3. The minimum atomic E-state index is -4.59. The van der Waals surface area contributed by atoms with Crippen LogP contribution in [0.25, 0.3) is 0 Å². The van der Waals surface area contributed by atoms with Crippen molar-refractivity contribution < 1.29 is 32.2 Å². The van der Waals surface area contributed by atoms with Crippen LogP contribution in [0.5, 0.6) is 11.5 Å². The maximum absolute atomic E-state index is 13.5. The Morgan fingerprint density at radius 1 is 0.975 bits per heavy atom. The van der Waals surface area contributed by atoms with Crippen molar-refractivity contribution in [1.82, 2.24) is 9.80 Å². The van der Waals surface area contributed by atoms with Gasteiger partial charge in [0.1, 0.15) is 6.61 Å². The monoisotopic (exact) mass is 557 g/mol. The van der Waals surface area contributed by atoms with E-state index in [2.05, 4.69) is 10.2 Å². The molecule has 0 atom stereocenters. The van der Waals surface area contributed by atoms with Crippen LogP contribution in [0.2, 0.25) is 0 Å². The van der Waals surface area contributed by atoms with Crippen molar-refractivity contribution in [3.05, 3.63) is 89.5 Å². The predicted octanol–water partition coefficient (Wildman–Crippen LogP) is 6.05. The Morgan fingerprint density at radius 3 is 2.42 bits per heavy atom. The summed E-state index contributed by atoms with van der Waals surface area (Å²) in [6, 6.07) is 19.5. The molecule has 1 saturated heterocycles. The number of benzene rings is 3. The van der Waals surface area contributed by atoms with Gasteiger partial charge in [-0.1, -0.05) is 48.5 Å². The summed E-state index contributed by atoms with van der Waals surface area (Å²) < 4.78 is 57.5. The molecule has 0 aromatic heterocycles. The molecule has 0 aliphatic carbocycles. The number of anilines is 1. The Morgan fingerprint density at radius 2 is 1.70 bits per heavy atom. The topological polar surface area (TPSA) is 63.3 Å². The van der Waals surface area contributed by atoms with Crippen molar-refractivity contribution in [3.8, 4) is 11.5 Å². The first-order valence-corrected chi connectivity index (χ1v) is 13.2. The van der Waals surface area contributed by atoms with Crippen LogP contribution in [0, 0.1) is 0 Å². The second-order valence-corrected chi connectivity index (χ2v) is 9.46. The molecule has 0 radical (unpaired) electrons. The van der Waals surface area contributed by atoms with E-state index in [-0.39, 0.29) is 12.2 Å². The van der Waals surface area contributed by atoms with Gasteiger partial charge in [0.05, 0.1) is 31.6 Å². The van der Waals surface area contributed by atoms with E-state index in [1.807, 2.05) is 36.4 Å². The number of halogens is 3. The molecular formula is C30H34F3N3O4. The van der Waals surface area contributed by atoms with Crippen molar-refractivity contribution >= 4 is 11.7 Å². The van der Waals surface area contributed by atoms with E-state index in [9.17, 15) is 18.0 Å². The Hall–Kier alpha value is -3.76. The Bertz CT molecular complexity index is 1230. The largest absolute Gasteiger partial charge is 0.493 e. The van der Waals surface area contributed by atoms with Crippen molar-refractivity contribution in [2.45, 2.75) is 25.7 Å². The molecule has 0 bridgehead atoms. The number of methoxy groups -OCH3 is 1. The highest BCUT2D eigenvalue weighted by atomic mass is 19.4. The molecule has 10 heteroatoms. The second-order valence-electron chi connectivity index (χ2n) is 9.46. The molecular weight excluding hydrogens is 523 g/mol. The van der Waals surface area contributed by atoms with Crippen LogP contribution in [-0.2, 0) is 24.1 Å². The number of ether oxygens (including phenoxy) is 3. The van der Waals surface area contributed by atoms with E-state index in [0.29, 0.717) is 44.3 Å². The fourth-order valence-electron chi connectivity index (χ4n) is 4.48. The summed E-state index contributed by atoms with van der Waals surface area (Å²) in [5.41, 5.74) is 0.601. The summed E-state index contributed by atoms with van der Waals surface area (Å²) in [5, 5.41) is 2.48. The highest BCUT2D eigenvalue weighted by Crippen LogP contribution is 2.35. The lowest BCUT2D eigenvalue weighted by molar-refractivity contribution is -0.136. The van der Waals surface area contributed by atoms with Crippen LogP contribution in [0.3, 0.4) is 0 Å². The van der Waals surface area contributed by atoms with Gasteiger partial charge in [0.15, 0.2) is 11.5 Å². The van der Waals surface area contributed by atoms with Crippen LogP contribution in [0.1, 0.15) is 23.1 Å². The molecule has 1 fully saturated rings. The van der Waals surface area contributed by atoms with Crippen molar-refractivity contribution in [2.24, 2.45) is 0 Å². The zero-order chi connectivity index (χ0) is 28.4. The SMILES string of the molecule is COc1cc(CN(CCCN2CCOCC2)C(=O)Nc2ccccc2C(F)(F)F)ccc1OCc1ccccc1. The molecule has 0 saturated carbocycles. The molecule has 0 unspecified atom stereocenters. The first-order valence-electron chi connectivity index (χ1n) is 13.2. The number of carbonyl (C=O) groups excluding carboxylic acids is 1. The number of para-hydroxylation sites is 1. The van der Waals surface area contributed by atoms with E-state index in [1.165, 1.54) is 30.2 Å². The van der Waals surface area contributed by atoms with E-state index >= 15 is 0 Å². The maximum Gasteiger partial charge on any atom is 0.418 e. The number of morpholine rings is 1. The predicted molar refractivity (Wildman–Crippen MR) is 147 cm³/mol. The van der Waals surface area contributed by atoms with Crippen molar-refractivity contribution in [1.29, 1.82) is 0 Å². The summed E-state index contributed by atoms with van der Waals surface area (Å²) in [6.45, 7) is 4.60. The average molecular weight is 558 g/mol. The number of hydrogen-bond donors (Lipinski definition) is 1. The third-order valence-electron chi connectivity index (χ3n) is 6.61. The third kappa shape index (κ3) is 8.37. The van der Waals surface area contributed by atoms with Gasteiger partial charge in [0, 0.05) is 32.7 Å². The molecule has 1 heterocycles. The Labute approximate surface area is 232 Å². The summed E-state index contributed by atoms with van der Waals surface area (Å²) in [6.07, 6.45) is -3.93. The van der Waals surface area contributed by atoms with Gasteiger partial charge in [-0.3, -0.25) is 4.90 Å². The lowest BCUT2D eigenvalue weighted by Gasteiger charge is -2.29. The lowest BCUT2D eigenvalue weighted by atomic mass is 10.1. The minimum Gasteiger partial charge on any atom is -0.493 e. The molecule has 3 aromatic carbocycles. The van der Waals surface area contributed by atoms with Gasteiger partial charge in [0.25, 0.3) is 0 Å². The number of urea groups is 1. The quantitative estimate of drug-likeness (QED) is 0.311. The molecule has 4 rings (SSSR count). The molecule has 3 aromatic rings. The number of nitrogens with zero attached hydrogens (tertiary/aromatic N) is 2. The van der Waals surface area contributed by atoms with Crippen LogP contribution < -0.4 is 14.8 Å². The highest BCUT2D eigenvalue weighted by molar-refractivity contribution is 5.90. The standard InChI is InChI=1S/C30H34F3N3O4/c1-38-28-20-24(12-13-27(28)40-22-23-8-3-2-4-9-23)21-36(15-7-14-35-16-18-39-19-17-35)29(37)34-26-11-6-5-10-25(26)30(31,32)33/h2-6,8-13,20H,7,14-19,21-22H2,1H3,(H,34,37). The van der Waals surface area contributed by atoms with Gasteiger partial charge in [0.2, 0.25) is 0 Å². The van der Waals surface area contributed by atoms with Gasteiger partial charge in [-0.15, -0.1) is 0 Å². The van der Waals surface area contributed by atoms with Gasteiger partial charge in [-0.2, -0.15) is 13.2 Å². The first kappa shape index (κ1) is 29.2. The van der Waals surface area contributed by atoms with E-state index in [1.54, 1.807) is 12.1 Å². The number of amides is 2. The molecule has 2 amide bonds. The van der Waals surface area contributed by atoms with Crippen LogP contribution in [0.15, 0.2) is 72.8 Å². The fourth-order valence-corrected chi connectivity index (χ4v) is 4.48. The molecule has 1 aliphatic rings. The molecule has 214 valence electrons. The zero-order valence-electron chi connectivity index (χ0n) is 22.5. The number of nitrogens with one attached hydrogen (secondary N) is 1. The third-order valence-corrected chi connectivity index (χ3v) is 6.61. The van der Waals surface area contributed by atoms with Gasteiger partial charge in [-0.05, 0) is 41.8 Å². The summed E-state index contributed by atoms with van der Waals surface area (Å²) in [5.74, 6) is 1.06. The van der Waals surface area contributed by atoms with E-state index in [4.69, 9.17) is 14.2 Å². The van der Waals surface area contributed by atoms with Gasteiger partial charge < -0.3 is 24.4 Å². The smallest absolute Gasteiger partial charge is 0.418 e. The van der Waals surface area contributed by atoms with Crippen molar-refractivity contribution in [3.63, 3.8) is 0 Å². The number of hydrogen-bond acceptors (Lipinski definition) is 5. The summed E-state index contributed by atoms with van der Waals surface area (Å²) in [4.78, 5) is 17.1. The number of alkyl halides is 3. The minimum absolute atomic E-state index is 0.179. The molecule has 1 aliphatic heterocycles. The van der Waals surface area contributed by atoms with E-state index in [0.717, 1.165) is 36.8 Å². The fraction of sp³-hybridized carbons (Fsp3) is 0.367. The van der Waals surface area contributed by atoms with Gasteiger partial charge in [-0.25, -0.2) is 4.79 Å². The lowest BCUT2D eigenvalue weighted by Crippen LogP contribution is -2.40. The van der Waals surface area contributed by atoms with Gasteiger partial charge >= 0.3 is 12.2 Å². The van der Waals surface area contributed by atoms with Crippen LogP contribution in [0.4, 0.5) is 23.7 Å². The molecule has 1 N–H and O–H groups in total. The summed E-state index contributed by atoms with van der Waals surface area (Å²) >= 11 is 0. The summed E-state index contributed by atoms with van der Waals surface area (Å²) in [7, 11) is 1.54. The average Bonchev–Trinajstić information content (AvgIpc) is 2.96.